The molecule has 2 amide bonds. The van der Waals surface area contributed by atoms with E-state index >= 15 is 0 Å². The molecule has 144 valence electrons. The van der Waals surface area contributed by atoms with Gasteiger partial charge in [0.2, 0.25) is 11.8 Å². The molecule has 0 spiro atoms. The number of para-hydroxylation sites is 2. The van der Waals surface area contributed by atoms with Gasteiger partial charge in [0.25, 0.3) is 0 Å². The first-order chi connectivity index (χ1) is 12.6. The lowest BCUT2D eigenvalue weighted by Gasteiger charge is -2.38. The Morgan fingerprint density at radius 3 is 2.54 bits per heavy atom. The molecular formula is C19H29N3O3S. The van der Waals surface area contributed by atoms with Crippen LogP contribution in [0, 0.1) is 0 Å². The van der Waals surface area contributed by atoms with Gasteiger partial charge < -0.3 is 19.9 Å². The van der Waals surface area contributed by atoms with Gasteiger partial charge in [-0.05, 0) is 37.5 Å². The monoisotopic (exact) mass is 379 g/mol. The summed E-state index contributed by atoms with van der Waals surface area (Å²) >= 11 is 1.68. The highest BCUT2D eigenvalue weighted by atomic mass is 32.2. The Kier molecular flexibility index (Phi) is 8.09. The van der Waals surface area contributed by atoms with Crippen molar-refractivity contribution >= 4 is 29.3 Å². The summed E-state index contributed by atoms with van der Waals surface area (Å²) in [6.07, 6.45) is 2.66. The maximum Gasteiger partial charge on any atom is 0.245 e. The summed E-state index contributed by atoms with van der Waals surface area (Å²) in [5, 5.41) is 2.80. The molecule has 2 rings (SSSR count). The molecule has 26 heavy (non-hydrogen) atoms. The van der Waals surface area contributed by atoms with Crippen LogP contribution in [0.1, 0.15) is 20.3 Å². The van der Waals surface area contributed by atoms with Crippen molar-refractivity contribution in [3.8, 4) is 5.75 Å². The third-order valence-corrected chi connectivity index (χ3v) is 5.03. The predicted octanol–water partition coefficient (Wildman–Crippen LogP) is 1.99. The van der Waals surface area contributed by atoms with Crippen molar-refractivity contribution < 1.29 is 14.3 Å². The van der Waals surface area contributed by atoms with Crippen LogP contribution in [0.25, 0.3) is 0 Å². The number of ether oxygens (including phenoxy) is 1. The molecule has 1 fully saturated rings. The van der Waals surface area contributed by atoms with Crippen LogP contribution < -0.4 is 15.0 Å². The lowest BCUT2D eigenvalue weighted by molar-refractivity contribution is -0.136. The van der Waals surface area contributed by atoms with Crippen molar-refractivity contribution in [1.29, 1.82) is 0 Å². The fourth-order valence-corrected chi connectivity index (χ4v) is 3.59. The zero-order valence-corrected chi connectivity index (χ0v) is 16.7. The largest absolute Gasteiger partial charge is 0.492 e. The van der Waals surface area contributed by atoms with Gasteiger partial charge in [0.15, 0.2) is 0 Å². The lowest BCUT2D eigenvalue weighted by Crippen LogP contribution is -2.55. The van der Waals surface area contributed by atoms with E-state index in [1.807, 2.05) is 36.3 Å². The van der Waals surface area contributed by atoms with Gasteiger partial charge in [-0.2, -0.15) is 11.8 Å². The standard InChI is InChI=1S/C19H29N3O3S/c1-4-25-18-8-6-5-7-17(18)21-10-12-22(13-11-21)19(24)16(9-14-26-3)20-15(2)23/h5-8,16H,4,9-14H2,1-3H3,(H,20,23). The van der Waals surface area contributed by atoms with Crippen molar-refractivity contribution in [1.82, 2.24) is 10.2 Å². The zero-order valence-electron chi connectivity index (χ0n) is 15.9. The van der Waals surface area contributed by atoms with Crippen molar-refractivity contribution in [2.45, 2.75) is 26.3 Å². The fraction of sp³-hybridized carbons (Fsp3) is 0.579. The number of nitrogens with zero attached hydrogens (tertiary/aromatic N) is 2. The van der Waals surface area contributed by atoms with Gasteiger partial charge in [0.1, 0.15) is 11.8 Å². The Balaban J connectivity index is 1.98. The topological polar surface area (TPSA) is 61.9 Å². The van der Waals surface area contributed by atoms with E-state index < -0.39 is 6.04 Å². The second kappa shape index (κ2) is 10.3. The molecule has 6 nitrogen and oxygen atoms in total. The molecule has 1 aliphatic heterocycles. The average molecular weight is 380 g/mol. The van der Waals surface area contributed by atoms with Gasteiger partial charge in [-0.15, -0.1) is 0 Å². The number of nitrogens with one attached hydrogen (secondary N) is 1. The third kappa shape index (κ3) is 5.56. The first-order valence-corrected chi connectivity index (χ1v) is 10.5. The number of carbonyl (C=O) groups is 2. The Morgan fingerprint density at radius 1 is 1.23 bits per heavy atom. The van der Waals surface area contributed by atoms with Crippen LogP contribution in [-0.2, 0) is 9.59 Å². The van der Waals surface area contributed by atoms with Crippen molar-refractivity contribution in [2.75, 3.05) is 49.7 Å². The summed E-state index contributed by atoms with van der Waals surface area (Å²) in [6.45, 7) is 6.87. The van der Waals surface area contributed by atoms with E-state index in [9.17, 15) is 9.59 Å². The SMILES string of the molecule is CCOc1ccccc1N1CCN(C(=O)C(CCSC)NC(C)=O)CC1. The number of carbonyl (C=O) groups excluding carboxylic acids is 2. The molecule has 1 aliphatic rings. The molecule has 0 aliphatic carbocycles. The maximum absolute atomic E-state index is 12.8. The molecule has 1 saturated heterocycles. The summed E-state index contributed by atoms with van der Waals surface area (Å²) in [5.41, 5.74) is 1.07. The van der Waals surface area contributed by atoms with E-state index in [-0.39, 0.29) is 11.8 Å². The van der Waals surface area contributed by atoms with Crippen LogP contribution in [0.3, 0.4) is 0 Å². The van der Waals surface area contributed by atoms with Crippen LogP contribution >= 0.6 is 11.8 Å². The van der Waals surface area contributed by atoms with Crippen LogP contribution in [-0.4, -0.2) is 67.6 Å². The van der Waals surface area contributed by atoms with Gasteiger partial charge in [-0.3, -0.25) is 9.59 Å². The van der Waals surface area contributed by atoms with Gasteiger partial charge in [-0.25, -0.2) is 0 Å². The Morgan fingerprint density at radius 2 is 1.92 bits per heavy atom. The van der Waals surface area contributed by atoms with Gasteiger partial charge in [0.05, 0.1) is 12.3 Å². The van der Waals surface area contributed by atoms with E-state index in [0.717, 1.165) is 30.3 Å². The summed E-state index contributed by atoms with van der Waals surface area (Å²) in [7, 11) is 0. The molecular weight excluding hydrogens is 350 g/mol. The minimum atomic E-state index is -0.429. The number of hydrogen-bond donors (Lipinski definition) is 1. The summed E-state index contributed by atoms with van der Waals surface area (Å²) < 4.78 is 5.72. The predicted molar refractivity (Wildman–Crippen MR) is 107 cm³/mol. The molecule has 1 N–H and O–H groups in total. The van der Waals surface area contributed by atoms with Gasteiger partial charge >= 0.3 is 0 Å². The maximum atomic E-state index is 12.8. The van der Waals surface area contributed by atoms with Crippen LogP contribution in [0.4, 0.5) is 5.69 Å². The molecule has 1 atom stereocenters. The van der Waals surface area contributed by atoms with E-state index in [4.69, 9.17) is 4.74 Å². The number of rotatable bonds is 8. The van der Waals surface area contributed by atoms with E-state index in [1.54, 1.807) is 11.8 Å². The second-order valence-electron chi connectivity index (χ2n) is 6.25. The van der Waals surface area contributed by atoms with Crippen LogP contribution in [0.5, 0.6) is 5.75 Å². The first kappa shape index (κ1) is 20.4. The van der Waals surface area contributed by atoms with Crippen molar-refractivity contribution in [2.24, 2.45) is 0 Å². The minimum absolute atomic E-state index is 0.0204. The number of benzene rings is 1. The lowest BCUT2D eigenvalue weighted by atomic mass is 10.1. The molecule has 1 aromatic carbocycles. The van der Waals surface area contributed by atoms with Crippen molar-refractivity contribution in [3.63, 3.8) is 0 Å². The highest BCUT2D eigenvalue weighted by molar-refractivity contribution is 7.98. The Bertz CT molecular complexity index is 603. The molecule has 7 heteroatoms. The summed E-state index contributed by atoms with van der Waals surface area (Å²) in [5.74, 6) is 1.59. The first-order valence-electron chi connectivity index (χ1n) is 9.08. The van der Waals surface area contributed by atoms with Crippen molar-refractivity contribution in [3.05, 3.63) is 24.3 Å². The van der Waals surface area contributed by atoms with E-state index in [2.05, 4.69) is 16.3 Å². The third-order valence-electron chi connectivity index (χ3n) is 4.38. The quantitative estimate of drug-likeness (QED) is 0.748. The molecule has 0 saturated carbocycles. The summed E-state index contributed by atoms with van der Waals surface area (Å²) in [4.78, 5) is 28.4. The smallest absolute Gasteiger partial charge is 0.245 e. The fourth-order valence-electron chi connectivity index (χ4n) is 3.12. The van der Waals surface area contributed by atoms with Gasteiger partial charge in [0, 0.05) is 33.1 Å². The molecule has 1 aromatic rings. The highest BCUT2D eigenvalue weighted by Gasteiger charge is 2.28. The van der Waals surface area contributed by atoms with E-state index in [1.165, 1.54) is 6.92 Å². The second-order valence-corrected chi connectivity index (χ2v) is 7.23. The Hall–Kier alpha value is -1.89. The molecule has 0 radical (unpaired) electrons. The number of amides is 2. The molecule has 1 unspecified atom stereocenters. The number of anilines is 1. The van der Waals surface area contributed by atoms with Gasteiger partial charge in [-0.1, -0.05) is 12.1 Å². The molecule has 0 aromatic heterocycles. The molecule has 0 bridgehead atoms. The number of thioether (sulfide) groups is 1. The Labute approximate surface area is 160 Å². The molecule has 1 heterocycles. The highest BCUT2D eigenvalue weighted by Crippen LogP contribution is 2.28. The number of hydrogen-bond acceptors (Lipinski definition) is 5. The van der Waals surface area contributed by atoms with Crippen LogP contribution in [0.2, 0.25) is 0 Å². The average Bonchev–Trinajstić information content (AvgIpc) is 2.65. The zero-order chi connectivity index (χ0) is 18.9. The minimum Gasteiger partial charge on any atom is -0.492 e. The van der Waals surface area contributed by atoms with E-state index in [0.29, 0.717) is 26.1 Å². The number of piperazine rings is 1. The normalized spacial score (nSPS) is 15.5. The van der Waals surface area contributed by atoms with Crippen LogP contribution in [0.15, 0.2) is 24.3 Å². The summed E-state index contributed by atoms with van der Waals surface area (Å²) in [6, 6.07) is 7.58.